The lowest BCUT2D eigenvalue weighted by Gasteiger charge is -2.02. The fourth-order valence-corrected chi connectivity index (χ4v) is 3.80. The van der Waals surface area contributed by atoms with Gasteiger partial charge < -0.3 is 4.74 Å². The number of hydrogen-bond acceptors (Lipinski definition) is 4. The quantitative estimate of drug-likeness (QED) is 0.361. The summed E-state index contributed by atoms with van der Waals surface area (Å²) in [6, 6.07) is 28.5. The molecule has 4 rings (SSSR count). The van der Waals surface area contributed by atoms with E-state index in [1.807, 2.05) is 66.1 Å². The van der Waals surface area contributed by atoms with E-state index in [1.54, 1.807) is 7.11 Å². The van der Waals surface area contributed by atoms with Crippen LogP contribution in [0, 0.1) is 11.3 Å². The first kappa shape index (κ1) is 18.7. The van der Waals surface area contributed by atoms with Crippen LogP contribution in [0.4, 0.5) is 0 Å². The molecule has 3 nitrogen and oxygen atoms in total. The minimum atomic E-state index is 0.558. The van der Waals surface area contributed by atoms with Gasteiger partial charge >= 0.3 is 0 Å². The maximum atomic E-state index is 9.65. The lowest BCUT2D eigenvalue weighted by Crippen LogP contribution is -1.85. The molecule has 0 fully saturated rings. The molecule has 29 heavy (non-hydrogen) atoms. The normalized spacial score (nSPS) is 11.1. The van der Waals surface area contributed by atoms with Crippen molar-refractivity contribution in [1.82, 2.24) is 4.98 Å². The molecule has 3 aromatic carbocycles. The van der Waals surface area contributed by atoms with E-state index in [2.05, 4.69) is 35.3 Å². The van der Waals surface area contributed by atoms with E-state index in [1.165, 1.54) is 16.9 Å². The van der Waals surface area contributed by atoms with Crippen LogP contribution in [-0.4, -0.2) is 12.1 Å². The minimum absolute atomic E-state index is 0.558. The van der Waals surface area contributed by atoms with Crippen LogP contribution in [0.3, 0.4) is 0 Å². The number of methoxy groups -OCH3 is 1. The topological polar surface area (TPSA) is 45.9 Å². The van der Waals surface area contributed by atoms with Gasteiger partial charge in [-0.2, -0.15) is 5.26 Å². The second-order valence-corrected chi connectivity index (χ2v) is 7.28. The molecule has 0 saturated heterocycles. The van der Waals surface area contributed by atoms with Crippen LogP contribution in [0.15, 0.2) is 84.2 Å². The van der Waals surface area contributed by atoms with Gasteiger partial charge in [-0.1, -0.05) is 54.6 Å². The van der Waals surface area contributed by atoms with Crippen molar-refractivity contribution in [3.63, 3.8) is 0 Å². The third kappa shape index (κ3) is 4.26. The van der Waals surface area contributed by atoms with Gasteiger partial charge in [-0.15, -0.1) is 11.3 Å². The molecule has 0 radical (unpaired) electrons. The summed E-state index contributed by atoms with van der Waals surface area (Å²) in [6.45, 7) is 0. The van der Waals surface area contributed by atoms with Crippen molar-refractivity contribution in [3.8, 4) is 34.2 Å². The Hall–Kier alpha value is -3.68. The first-order valence-electron chi connectivity index (χ1n) is 9.14. The summed E-state index contributed by atoms with van der Waals surface area (Å²) >= 11 is 1.47. The van der Waals surface area contributed by atoms with E-state index in [0.717, 1.165) is 28.1 Å². The Morgan fingerprint density at radius 3 is 2.21 bits per heavy atom. The summed E-state index contributed by atoms with van der Waals surface area (Å²) in [7, 11) is 1.65. The van der Waals surface area contributed by atoms with Gasteiger partial charge in [0.1, 0.15) is 16.8 Å². The van der Waals surface area contributed by atoms with Gasteiger partial charge in [0.2, 0.25) is 0 Å². The van der Waals surface area contributed by atoms with E-state index >= 15 is 0 Å². The van der Waals surface area contributed by atoms with Gasteiger partial charge in [0.25, 0.3) is 0 Å². The number of rotatable bonds is 5. The molecule has 140 valence electrons. The Kier molecular flexibility index (Phi) is 5.51. The number of ether oxygens (including phenoxy) is 1. The average molecular weight is 394 g/mol. The highest BCUT2D eigenvalue weighted by Crippen LogP contribution is 2.28. The Bertz CT molecular complexity index is 1170. The van der Waals surface area contributed by atoms with Crippen molar-refractivity contribution in [2.24, 2.45) is 0 Å². The molecule has 0 amide bonds. The lowest BCUT2D eigenvalue weighted by atomic mass is 10.0. The molecule has 0 aliphatic carbocycles. The number of benzene rings is 3. The van der Waals surface area contributed by atoms with E-state index in [0.29, 0.717) is 10.6 Å². The number of nitriles is 1. The molecule has 0 saturated carbocycles. The predicted molar refractivity (Wildman–Crippen MR) is 119 cm³/mol. The third-order valence-electron chi connectivity index (χ3n) is 4.57. The zero-order valence-electron chi connectivity index (χ0n) is 15.9. The van der Waals surface area contributed by atoms with Crippen LogP contribution in [0.2, 0.25) is 0 Å². The maximum absolute atomic E-state index is 9.65. The molecule has 0 aliphatic heterocycles. The Morgan fingerprint density at radius 1 is 0.897 bits per heavy atom. The van der Waals surface area contributed by atoms with Crippen LogP contribution >= 0.6 is 11.3 Å². The lowest BCUT2D eigenvalue weighted by molar-refractivity contribution is 0.415. The van der Waals surface area contributed by atoms with Gasteiger partial charge in [0, 0.05) is 10.9 Å². The largest absolute Gasteiger partial charge is 0.497 e. The van der Waals surface area contributed by atoms with Crippen molar-refractivity contribution in [2.75, 3.05) is 7.11 Å². The van der Waals surface area contributed by atoms with Crippen LogP contribution < -0.4 is 4.74 Å². The summed E-state index contributed by atoms with van der Waals surface area (Å²) < 4.78 is 5.20. The summed E-state index contributed by atoms with van der Waals surface area (Å²) in [5.74, 6) is 0.806. The highest BCUT2D eigenvalue weighted by Gasteiger charge is 2.09. The number of hydrogen-bond donors (Lipinski definition) is 0. The summed E-state index contributed by atoms with van der Waals surface area (Å²) in [5.41, 5.74) is 5.71. The fourth-order valence-electron chi connectivity index (χ4n) is 3.00. The second kappa shape index (κ2) is 8.55. The summed E-state index contributed by atoms with van der Waals surface area (Å²) in [4.78, 5) is 4.66. The molecule has 0 bridgehead atoms. The summed E-state index contributed by atoms with van der Waals surface area (Å²) in [5, 5.41) is 12.3. The Balaban J connectivity index is 1.58. The number of aromatic nitrogens is 1. The van der Waals surface area contributed by atoms with Crippen molar-refractivity contribution >= 4 is 23.0 Å². The summed E-state index contributed by atoms with van der Waals surface area (Å²) in [6.07, 6.45) is 1.88. The van der Waals surface area contributed by atoms with Gasteiger partial charge in [-0.05, 0) is 47.0 Å². The number of allylic oxidation sites excluding steroid dienone is 1. The second-order valence-electron chi connectivity index (χ2n) is 6.42. The molecular formula is C25H18N2OS. The number of nitrogens with zero attached hydrogens (tertiary/aromatic N) is 2. The van der Waals surface area contributed by atoms with Gasteiger partial charge in [-0.3, -0.25) is 0 Å². The minimum Gasteiger partial charge on any atom is -0.497 e. The van der Waals surface area contributed by atoms with Gasteiger partial charge in [0.05, 0.1) is 18.4 Å². The van der Waals surface area contributed by atoms with Crippen LogP contribution in [0.5, 0.6) is 5.75 Å². The first-order valence-corrected chi connectivity index (χ1v) is 10.0. The van der Waals surface area contributed by atoms with Crippen molar-refractivity contribution < 1.29 is 4.74 Å². The van der Waals surface area contributed by atoms with E-state index in [-0.39, 0.29) is 0 Å². The molecule has 1 heterocycles. The number of thiazole rings is 1. The predicted octanol–water partition coefficient (Wildman–Crippen LogP) is 6.55. The molecular weight excluding hydrogens is 376 g/mol. The molecule has 1 aromatic heterocycles. The van der Waals surface area contributed by atoms with Crippen molar-refractivity contribution in [3.05, 3.63) is 94.8 Å². The van der Waals surface area contributed by atoms with E-state index in [9.17, 15) is 5.26 Å². The zero-order chi connectivity index (χ0) is 20.1. The molecule has 0 spiro atoms. The smallest absolute Gasteiger partial charge is 0.134 e. The van der Waals surface area contributed by atoms with Crippen LogP contribution in [-0.2, 0) is 0 Å². The Labute approximate surface area is 174 Å². The molecule has 0 atom stereocenters. The SMILES string of the molecule is COc1ccc(-c2csc(/C(C#N)=C/c3ccc(-c4ccccc4)cc3)n2)cc1. The Morgan fingerprint density at radius 2 is 1.55 bits per heavy atom. The average Bonchev–Trinajstić information content (AvgIpc) is 3.28. The van der Waals surface area contributed by atoms with Crippen molar-refractivity contribution in [2.45, 2.75) is 0 Å². The third-order valence-corrected chi connectivity index (χ3v) is 5.45. The zero-order valence-corrected chi connectivity index (χ0v) is 16.7. The van der Waals surface area contributed by atoms with E-state index < -0.39 is 0 Å². The highest BCUT2D eigenvalue weighted by atomic mass is 32.1. The van der Waals surface area contributed by atoms with Crippen LogP contribution in [0.25, 0.3) is 34.0 Å². The standard InChI is InChI=1S/C25H18N2OS/c1-28-23-13-11-21(12-14-23)24-17-29-25(27-24)22(16-26)15-18-7-9-20(10-8-18)19-5-3-2-4-6-19/h2-15,17H,1H3/b22-15+. The molecule has 0 aliphatic rings. The molecule has 0 N–H and O–H groups in total. The van der Waals surface area contributed by atoms with Crippen molar-refractivity contribution in [1.29, 1.82) is 5.26 Å². The maximum Gasteiger partial charge on any atom is 0.134 e. The highest BCUT2D eigenvalue weighted by molar-refractivity contribution is 7.11. The van der Waals surface area contributed by atoms with Crippen LogP contribution in [0.1, 0.15) is 10.6 Å². The van der Waals surface area contributed by atoms with E-state index in [4.69, 9.17) is 4.74 Å². The molecule has 0 unspecified atom stereocenters. The fraction of sp³-hybridized carbons (Fsp3) is 0.0400. The van der Waals surface area contributed by atoms with Gasteiger partial charge in [-0.25, -0.2) is 4.98 Å². The molecule has 4 aromatic rings. The first-order chi connectivity index (χ1) is 14.3. The van der Waals surface area contributed by atoms with Gasteiger partial charge in [0.15, 0.2) is 0 Å². The monoisotopic (exact) mass is 394 g/mol. The molecule has 4 heteroatoms.